The van der Waals surface area contributed by atoms with Crippen LogP contribution >= 0.6 is 0 Å². The average Bonchev–Trinajstić information content (AvgIpc) is 2.65. The number of likely N-dealkylation sites (tertiary alicyclic amines) is 1. The summed E-state index contributed by atoms with van der Waals surface area (Å²) in [5.41, 5.74) is -0.399. The van der Waals surface area contributed by atoms with E-state index in [0.717, 1.165) is 32.5 Å². The molecule has 0 aromatic heterocycles. The molecule has 28 heavy (non-hydrogen) atoms. The molecule has 3 amide bonds. The summed E-state index contributed by atoms with van der Waals surface area (Å²) in [6.07, 6.45) is 4.53. The SMILES string of the molecule is CC1CCCCN1C(=O)CN1CCN(C(=O)CCCNC(=O)C(C)(C)C)CC1. The molecule has 1 unspecified atom stereocenters. The lowest BCUT2D eigenvalue weighted by atomic mass is 9.96. The second-order valence-corrected chi connectivity index (χ2v) is 9.20. The predicted molar refractivity (Wildman–Crippen MR) is 110 cm³/mol. The molecule has 2 saturated heterocycles. The summed E-state index contributed by atoms with van der Waals surface area (Å²) < 4.78 is 0. The Labute approximate surface area is 169 Å². The third-order valence-electron chi connectivity index (χ3n) is 5.74. The van der Waals surface area contributed by atoms with Crippen molar-refractivity contribution in [3.63, 3.8) is 0 Å². The smallest absolute Gasteiger partial charge is 0.236 e. The van der Waals surface area contributed by atoms with Crippen LogP contribution in [0.1, 0.15) is 59.8 Å². The van der Waals surface area contributed by atoms with Crippen LogP contribution in [0.3, 0.4) is 0 Å². The van der Waals surface area contributed by atoms with Gasteiger partial charge in [-0.25, -0.2) is 0 Å². The van der Waals surface area contributed by atoms with E-state index >= 15 is 0 Å². The summed E-state index contributed by atoms with van der Waals surface area (Å²) in [5, 5.41) is 2.88. The highest BCUT2D eigenvalue weighted by atomic mass is 16.2. The average molecular weight is 395 g/mol. The van der Waals surface area contributed by atoms with Gasteiger partial charge in [-0.1, -0.05) is 20.8 Å². The predicted octanol–water partition coefficient (Wildman–Crippen LogP) is 1.47. The molecule has 2 rings (SSSR count). The Hall–Kier alpha value is -1.63. The monoisotopic (exact) mass is 394 g/mol. The second-order valence-electron chi connectivity index (χ2n) is 9.20. The topological polar surface area (TPSA) is 73.0 Å². The summed E-state index contributed by atoms with van der Waals surface area (Å²) in [6, 6.07) is 0.350. The molecule has 2 aliphatic heterocycles. The molecule has 1 atom stereocenters. The van der Waals surface area contributed by atoms with Gasteiger partial charge in [0.1, 0.15) is 0 Å². The van der Waals surface area contributed by atoms with Gasteiger partial charge in [0.15, 0.2) is 0 Å². The van der Waals surface area contributed by atoms with E-state index in [4.69, 9.17) is 0 Å². The van der Waals surface area contributed by atoms with Crippen LogP contribution in [0.15, 0.2) is 0 Å². The third kappa shape index (κ3) is 6.76. The van der Waals surface area contributed by atoms with Gasteiger partial charge in [-0.3, -0.25) is 19.3 Å². The van der Waals surface area contributed by atoms with Gasteiger partial charge in [-0.15, -0.1) is 0 Å². The van der Waals surface area contributed by atoms with Crippen LogP contribution in [0.2, 0.25) is 0 Å². The normalized spacial score (nSPS) is 21.5. The second kappa shape index (κ2) is 10.2. The summed E-state index contributed by atoms with van der Waals surface area (Å²) >= 11 is 0. The van der Waals surface area contributed by atoms with Crippen molar-refractivity contribution < 1.29 is 14.4 Å². The first-order chi connectivity index (χ1) is 13.2. The van der Waals surface area contributed by atoms with Crippen molar-refractivity contribution in [2.75, 3.05) is 45.8 Å². The molecule has 0 aromatic carbocycles. The summed E-state index contributed by atoms with van der Waals surface area (Å²) in [5.74, 6) is 0.378. The molecule has 2 fully saturated rings. The molecule has 0 aliphatic carbocycles. The van der Waals surface area contributed by atoms with Gasteiger partial charge >= 0.3 is 0 Å². The van der Waals surface area contributed by atoms with Gasteiger partial charge in [0, 0.05) is 57.1 Å². The van der Waals surface area contributed by atoms with E-state index in [9.17, 15) is 14.4 Å². The van der Waals surface area contributed by atoms with Crippen molar-refractivity contribution >= 4 is 17.7 Å². The van der Waals surface area contributed by atoms with Crippen LogP contribution in [-0.2, 0) is 14.4 Å². The van der Waals surface area contributed by atoms with Crippen molar-refractivity contribution in [3.8, 4) is 0 Å². The Bertz CT molecular complexity index is 550. The molecule has 1 N–H and O–H groups in total. The minimum Gasteiger partial charge on any atom is -0.356 e. The van der Waals surface area contributed by atoms with Gasteiger partial charge in [0.25, 0.3) is 0 Å². The van der Waals surface area contributed by atoms with Crippen LogP contribution in [0.4, 0.5) is 0 Å². The molecule has 0 bridgehead atoms. The maximum absolute atomic E-state index is 12.6. The van der Waals surface area contributed by atoms with Crippen LogP contribution in [0, 0.1) is 5.41 Å². The van der Waals surface area contributed by atoms with Crippen LogP contribution in [0.5, 0.6) is 0 Å². The standard InChI is InChI=1S/C21H38N4O3/c1-17-8-5-6-11-25(17)19(27)16-23-12-14-24(15-13-23)18(26)9-7-10-22-20(28)21(2,3)4/h17H,5-16H2,1-4H3,(H,22,28). The highest BCUT2D eigenvalue weighted by Crippen LogP contribution is 2.17. The molecule has 7 heteroatoms. The van der Waals surface area contributed by atoms with Crippen LogP contribution in [-0.4, -0.2) is 84.3 Å². The fraction of sp³-hybridized carbons (Fsp3) is 0.857. The Kier molecular flexibility index (Phi) is 8.28. The first-order valence-electron chi connectivity index (χ1n) is 10.8. The molecule has 0 aromatic rings. The number of nitrogens with one attached hydrogen (secondary N) is 1. The number of carbonyl (C=O) groups is 3. The summed E-state index contributed by atoms with van der Waals surface area (Å²) in [7, 11) is 0. The third-order valence-corrected chi connectivity index (χ3v) is 5.74. The van der Waals surface area contributed by atoms with Gasteiger partial charge in [-0.2, -0.15) is 0 Å². The molecule has 0 spiro atoms. The maximum Gasteiger partial charge on any atom is 0.236 e. The zero-order chi connectivity index (χ0) is 20.7. The molecule has 7 nitrogen and oxygen atoms in total. The molecule has 2 heterocycles. The Morgan fingerprint density at radius 3 is 2.25 bits per heavy atom. The van der Waals surface area contributed by atoms with E-state index in [2.05, 4.69) is 17.1 Å². The first-order valence-corrected chi connectivity index (χ1v) is 10.8. The molecular weight excluding hydrogens is 356 g/mol. The number of hydrogen-bond donors (Lipinski definition) is 1. The first kappa shape index (κ1) is 22.7. The fourth-order valence-electron chi connectivity index (χ4n) is 3.77. The van der Waals surface area contributed by atoms with Crippen molar-refractivity contribution in [2.45, 2.75) is 65.8 Å². The van der Waals surface area contributed by atoms with E-state index < -0.39 is 5.41 Å². The highest BCUT2D eigenvalue weighted by molar-refractivity contribution is 5.81. The van der Waals surface area contributed by atoms with E-state index in [0.29, 0.717) is 45.1 Å². The number of nitrogens with zero attached hydrogens (tertiary/aromatic N) is 3. The minimum absolute atomic E-state index is 0.0151. The zero-order valence-electron chi connectivity index (χ0n) is 18.1. The Balaban J connectivity index is 1.64. The van der Waals surface area contributed by atoms with Crippen molar-refractivity contribution in [1.82, 2.24) is 20.0 Å². The lowest BCUT2D eigenvalue weighted by Crippen LogP contribution is -2.53. The van der Waals surface area contributed by atoms with Gasteiger partial charge in [0.2, 0.25) is 17.7 Å². The molecular formula is C21H38N4O3. The van der Waals surface area contributed by atoms with Crippen molar-refractivity contribution in [3.05, 3.63) is 0 Å². The quantitative estimate of drug-likeness (QED) is 0.693. The fourth-order valence-corrected chi connectivity index (χ4v) is 3.77. The number of amides is 3. The minimum atomic E-state index is -0.399. The Morgan fingerprint density at radius 2 is 1.64 bits per heavy atom. The largest absolute Gasteiger partial charge is 0.356 e. The van der Waals surface area contributed by atoms with Gasteiger partial charge in [0.05, 0.1) is 6.54 Å². The number of piperidine rings is 1. The lowest BCUT2D eigenvalue weighted by Gasteiger charge is -2.38. The van der Waals surface area contributed by atoms with Gasteiger partial charge < -0.3 is 15.1 Å². The number of hydrogen-bond acceptors (Lipinski definition) is 4. The Morgan fingerprint density at radius 1 is 0.964 bits per heavy atom. The maximum atomic E-state index is 12.6. The number of piperazine rings is 1. The molecule has 0 radical (unpaired) electrons. The highest BCUT2D eigenvalue weighted by Gasteiger charge is 2.27. The molecule has 160 valence electrons. The van der Waals surface area contributed by atoms with Crippen LogP contribution < -0.4 is 5.32 Å². The van der Waals surface area contributed by atoms with E-state index in [1.54, 1.807) is 0 Å². The van der Waals surface area contributed by atoms with E-state index in [1.807, 2.05) is 30.6 Å². The summed E-state index contributed by atoms with van der Waals surface area (Å²) in [6.45, 7) is 12.5. The van der Waals surface area contributed by atoms with Crippen molar-refractivity contribution in [2.24, 2.45) is 5.41 Å². The molecule has 2 aliphatic rings. The molecule has 0 saturated carbocycles. The number of carbonyl (C=O) groups excluding carboxylic acids is 3. The van der Waals surface area contributed by atoms with Crippen LogP contribution in [0.25, 0.3) is 0 Å². The van der Waals surface area contributed by atoms with E-state index in [-0.39, 0.29) is 17.7 Å². The van der Waals surface area contributed by atoms with E-state index in [1.165, 1.54) is 6.42 Å². The number of rotatable bonds is 6. The lowest BCUT2D eigenvalue weighted by molar-refractivity contribution is -0.137. The summed E-state index contributed by atoms with van der Waals surface area (Å²) in [4.78, 5) is 42.8. The van der Waals surface area contributed by atoms with Gasteiger partial charge in [-0.05, 0) is 32.6 Å². The zero-order valence-corrected chi connectivity index (χ0v) is 18.1. The van der Waals surface area contributed by atoms with Crippen molar-refractivity contribution in [1.29, 1.82) is 0 Å².